The van der Waals surface area contributed by atoms with Crippen LogP contribution in [0.4, 0.5) is 17.1 Å². The van der Waals surface area contributed by atoms with E-state index >= 15 is 0 Å². The molecule has 0 N–H and O–H groups in total. The lowest BCUT2D eigenvalue weighted by Gasteiger charge is -2.26. The lowest BCUT2D eigenvalue weighted by molar-refractivity contribution is 1.18. The molecule has 0 aliphatic rings. The van der Waals surface area contributed by atoms with Gasteiger partial charge in [0.1, 0.15) is 0 Å². The number of hydrogen-bond donors (Lipinski definition) is 0. The first-order valence-corrected chi connectivity index (χ1v) is 24.5. The Kier molecular flexibility index (Phi) is 9.11. The van der Waals surface area contributed by atoms with Crippen LogP contribution in [-0.4, -0.2) is 4.57 Å². The number of para-hydroxylation sites is 2. The Morgan fingerprint density at radius 2 is 0.783 bits per heavy atom. The summed E-state index contributed by atoms with van der Waals surface area (Å²) in [6, 6.07) is 93.7. The molecule has 0 bridgehead atoms. The minimum Gasteiger partial charge on any atom is -0.310 e. The van der Waals surface area contributed by atoms with Crippen molar-refractivity contribution >= 4 is 103 Å². The first kappa shape index (κ1) is 39.4. The highest BCUT2D eigenvalue weighted by Crippen LogP contribution is 2.45. The van der Waals surface area contributed by atoms with Gasteiger partial charge in [0.2, 0.25) is 0 Å². The van der Waals surface area contributed by atoms with Crippen LogP contribution in [0.2, 0.25) is 0 Å². The summed E-state index contributed by atoms with van der Waals surface area (Å²) in [4.78, 5) is 2.40. The van der Waals surface area contributed by atoms with E-state index in [4.69, 9.17) is 0 Å². The van der Waals surface area contributed by atoms with Crippen LogP contribution in [0.5, 0.6) is 0 Å². The third-order valence-electron chi connectivity index (χ3n) is 14.2. The van der Waals surface area contributed by atoms with Crippen LogP contribution in [0.3, 0.4) is 0 Å². The molecule has 0 radical (unpaired) electrons. The number of aromatic nitrogens is 1. The van der Waals surface area contributed by atoms with Crippen molar-refractivity contribution < 1.29 is 0 Å². The van der Waals surface area contributed by atoms with E-state index < -0.39 is 0 Å². The lowest BCUT2D eigenvalue weighted by atomic mass is 9.97. The second kappa shape index (κ2) is 16.0. The van der Waals surface area contributed by atoms with Crippen LogP contribution in [0, 0.1) is 0 Å². The molecule has 0 aliphatic carbocycles. The minimum absolute atomic E-state index is 1.09. The molecule has 0 unspecified atom stereocenters. The number of rotatable bonds is 7. The zero-order valence-corrected chi connectivity index (χ0v) is 38.4. The summed E-state index contributed by atoms with van der Waals surface area (Å²) in [7, 11) is 0. The van der Waals surface area contributed by atoms with E-state index in [2.05, 4.69) is 264 Å². The number of nitrogens with zero attached hydrogens (tertiary/aromatic N) is 2. The van der Waals surface area contributed by atoms with Crippen molar-refractivity contribution in [3.63, 3.8) is 0 Å². The normalized spacial score (nSPS) is 11.8. The van der Waals surface area contributed by atoms with Gasteiger partial charge in [-0.2, -0.15) is 0 Å². The predicted octanol–water partition coefficient (Wildman–Crippen LogP) is 19.1. The maximum absolute atomic E-state index is 2.40. The Labute approximate surface area is 403 Å². The average Bonchev–Trinajstić information content (AvgIpc) is 3.98. The van der Waals surface area contributed by atoms with Crippen LogP contribution >= 0.6 is 11.3 Å². The number of thiophene rings is 1. The number of fused-ring (bicyclic) bond motifs is 11. The molecule has 2 aromatic heterocycles. The third-order valence-corrected chi connectivity index (χ3v) is 15.4. The molecule has 14 aromatic rings. The van der Waals surface area contributed by atoms with Crippen LogP contribution in [-0.2, 0) is 0 Å². The van der Waals surface area contributed by atoms with Crippen LogP contribution < -0.4 is 4.90 Å². The van der Waals surface area contributed by atoms with Gasteiger partial charge in [0, 0.05) is 53.7 Å². The Morgan fingerprint density at radius 1 is 0.275 bits per heavy atom. The van der Waals surface area contributed by atoms with Gasteiger partial charge in [-0.3, -0.25) is 0 Å². The monoisotopic (exact) mass is 894 g/mol. The topological polar surface area (TPSA) is 8.17 Å². The summed E-state index contributed by atoms with van der Waals surface area (Å²) in [5, 5.41) is 12.8. The van der Waals surface area contributed by atoms with E-state index in [0.717, 1.165) is 28.3 Å². The molecule has 322 valence electrons. The highest BCUT2D eigenvalue weighted by molar-refractivity contribution is 7.27. The molecule has 0 atom stereocenters. The fourth-order valence-corrected chi connectivity index (χ4v) is 12.2. The van der Waals surface area contributed by atoms with Crippen molar-refractivity contribution in [3.05, 3.63) is 255 Å². The SMILES string of the molecule is c1cc(-c2ccc3ccc4ccccc4c3c2)cc(N(c2ccc(-c3cccc(-n4c5ccccc5c5ccccc54)c3)cc2)c2ccc(-c3cccc4c3sc3c5ccccc5ccc43)cc2)c1. The largest absolute Gasteiger partial charge is 0.310 e. The van der Waals surface area contributed by atoms with E-state index in [1.54, 1.807) is 0 Å². The quantitative estimate of drug-likeness (QED) is 0.145. The lowest BCUT2D eigenvalue weighted by Crippen LogP contribution is -2.10. The van der Waals surface area contributed by atoms with Crippen LogP contribution in [0.15, 0.2) is 255 Å². The molecular weight excluding hydrogens is 853 g/mol. The zero-order chi connectivity index (χ0) is 45.4. The maximum atomic E-state index is 2.40. The fourth-order valence-electron chi connectivity index (χ4n) is 10.8. The van der Waals surface area contributed by atoms with E-state index in [9.17, 15) is 0 Å². The number of hydrogen-bond acceptors (Lipinski definition) is 2. The summed E-state index contributed by atoms with van der Waals surface area (Å²) >= 11 is 1.91. The Bertz CT molecular complexity index is 4260. The number of anilines is 3. The van der Waals surface area contributed by atoms with Gasteiger partial charge in [0.05, 0.1) is 11.0 Å². The van der Waals surface area contributed by atoms with Gasteiger partial charge in [0.25, 0.3) is 0 Å². The third kappa shape index (κ3) is 6.54. The van der Waals surface area contributed by atoms with Gasteiger partial charge in [-0.05, 0) is 132 Å². The summed E-state index contributed by atoms with van der Waals surface area (Å²) in [5.74, 6) is 0. The molecular formula is C66H42N2S. The summed E-state index contributed by atoms with van der Waals surface area (Å²) in [6.07, 6.45) is 0. The molecule has 2 nitrogen and oxygen atoms in total. The first-order chi connectivity index (χ1) is 34.2. The highest BCUT2D eigenvalue weighted by Gasteiger charge is 2.18. The maximum Gasteiger partial charge on any atom is 0.0541 e. The molecule has 0 saturated carbocycles. The van der Waals surface area contributed by atoms with Gasteiger partial charge in [-0.1, -0.05) is 188 Å². The summed E-state index contributed by atoms with van der Waals surface area (Å²) in [6.45, 7) is 0. The molecule has 0 amide bonds. The molecule has 0 aliphatic heterocycles. The van der Waals surface area contributed by atoms with Crippen molar-refractivity contribution in [1.29, 1.82) is 0 Å². The van der Waals surface area contributed by atoms with Gasteiger partial charge in [-0.15, -0.1) is 11.3 Å². The molecule has 3 heteroatoms. The average molecular weight is 895 g/mol. The summed E-state index contributed by atoms with van der Waals surface area (Å²) in [5.41, 5.74) is 14.0. The number of benzene rings is 12. The van der Waals surface area contributed by atoms with Crippen molar-refractivity contribution in [2.45, 2.75) is 0 Å². The van der Waals surface area contributed by atoms with E-state index in [-0.39, 0.29) is 0 Å². The van der Waals surface area contributed by atoms with E-state index in [1.807, 2.05) is 11.3 Å². The van der Waals surface area contributed by atoms with Gasteiger partial charge in [0.15, 0.2) is 0 Å². The van der Waals surface area contributed by atoms with E-state index in [0.29, 0.717) is 0 Å². The highest BCUT2D eigenvalue weighted by atomic mass is 32.1. The second-order valence-electron chi connectivity index (χ2n) is 18.1. The smallest absolute Gasteiger partial charge is 0.0541 e. The van der Waals surface area contributed by atoms with Crippen LogP contribution in [0.1, 0.15) is 0 Å². The van der Waals surface area contributed by atoms with Gasteiger partial charge < -0.3 is 9.47 Å². The molecule has 12 aromatic carbocycles. The molecule has 2 heterocycles. The molecule has 0 spiro atoms. The van der Waals surface area contributed by atoms with Crippen LogP contribution in [0.25, 0.3) is 113 Å². The van der Waals surface area contributed by atoms with Crippen molar-refractivity contribution in [3.8, 4) is 39.1 Å². The Morgan fingerprint density at radius 3 is 1.52 bits per heavy atom. The van der Waals surface area contributed by atoms with Crippen molar-refractivity contribution in [2.24, 2.45) is 0 Å². The fraction of sp³-hybridized carbons (Fsp3) is 0. The van der Waals surface area contributed by atoms with Crippen molar-refractivity contribution in [2.75, 3.05) is 4.90 Å². The van der Waals surface area contributed by atoms with Gasteiger partial charge >= 0.3 is 0 Å². The minimum atomic E-state index is 1.09. The Hall–Kier alpha value is -8.76. The zero-order valence-electron chi connectivity index (χ0n) is 37.6. The first-order valence-electron chi connectivity index (χ1n) is 23.6. The molecule has 69 heavy (non-hydrogen) atoms. The predicted molar refractivity (Wildman–Crippen MR) is 297 cm³/mol. The Balaban J connectivity index is 0.873. The standard InChI is InChI=1S/C66H42N2S/c1-3-18-55-44(12-1)26-27-47-28-29-50(42-62(47)55)49-15-10-16-53(41-49)67(52-37-32-46(33-38-52)57-22-11-23-60-61-39-34-45-13-2-4-19-56(45)66(61)69-65(57)60)51-35-30-43(31-36-51)48-14-9-17-54(40-48)68-63-24-7-5-20-58(63)59-21-6-8-25-64(59)68/h1-42H. The molecule has 0 fully saturated rings. The van der Waals surface area contributed by atoms with E-state index in [1.165, 1.54) is 102 Å². The molecule has 14 rings (SSSR count). The molecule has 0 saturated heterocycles. The van der Waals surface area contributed by atoms with Crippen molar-refractivity contribution in [1.82, 2.24) is 4.57 Å². The second-order valence-corrected chi connectivity index (χ2v) is 19.1. The summed E-state index contributed by atoms with van der Waals surface area (Å²) < 4.78 is 5.06. The van der Waals surface area contributed by atoms with Gasteiger partial charge in [-0.25, -0.2) is 0 Å².